The van der Waals surface area contributed by atoms with Gasteiger partial charge in [-0.3, -0.25) is 4.79 Å². The summed E-state index contributed by atoms with van der Waals surface area (Å²) in [4.78, 5) is 12.8. The van der Waals surface area contributed by atoms with E-state index in [-0.39, 0.29) is 24.9 Å². The van der Waals surface area contributed by atoms with Crippen molar-refractivity contribution in [2.24, 2.45) is 0 Å². The van der Waals surface area contributed by atoms with Crippen molar-refractivity contribution in [3.05, 3.63) is 58.1 Å². The number of fused-ring (bicyclic) bond motifs is 1. The molecule has 0 bridgehead atoms. The van der Waals surface area contributed by atoms with Gasteiger partial charge in [0.05, 0.1) is 18.5 Å². The van der Waals surface area contributed by atoms with E-state index in [1.807, 2.05) is 70.5 Å². The molecule has 1 N–H and O–H groups in total. The molecule has 1 aromatic heterocycles. The van der Waals surface area contributed by atoms with Gasteiger partial charge in [0.25, 0.3) is 0 Å². The van der Waals surface area contributed by atoms with Crippen LogP contribution in [0.5, 0.6) is 0 Å². The third kappa shape index (κ3) is 4.54. The van der Waals surface area contributed by atoms with Crippen LogP contribution in [0, 0.1) is 13.8 Å². The maximum atomic E-state index is 12.8. The van der Waals surface area contributed by atoms with Crippen molar-refractivity contribution in [2.45, 2.75) is 72.6 Å². The van der Waals surface area contributed by atoms with Crippen LogP contribution in [-0.2, 0) is 22.7 Å². The van der Waals surface area contributed by atoms with Crippen molar-refractivity contribution in [3.8, 4) is 0 Å². The molecule has 0 radical (unpaired) electrons. The van der Waals surface area contributed by atoms with Crippen LogP contribution in [0.1, 0.15) is 67.9 Å². The number of ether oxygens (including phenoxy) is 1. The molecule has 0 fully saturated rings. The average Bonchev–Trinajstić information content (AvgIpc) is 3.10. The third-order valence-electron chi connectivity index (χ3n) is 5.39. The Kier molecular flexibility index (Phi) is 6.27. The Bertz CT molecular complexity index is 1060. The molecule has 0 spiro atoms. The summed E-state index contributed by atoms with van der Waals surface area (Å²) in [6.07, 6.45) is 0.208. The van der Waals surface area contributed by atoms with Crippen LogP contribution < -0.4 is 0 Å². The molecule has 30 heavy (non-hydrogen) atoms. The number of hydrogen-bond acceptors (Lipinski definition) is 5. The molecule has 0 aliphatic rings. The maximum absolute atomic E-state index is 12.8. The molecule has 1 heterocycles. The quantitative estimate of drug-likeness (QED) is 0.610. The lowest BCUT2D eigenvalue weighted by Crippen LogP contribution is -2.25. The van der Waals surface area contributed by atoms with Crippen LogP contribution >= 0.6 is 0 Å². The van der Waals surface area contributed by atoms with Crippen LogP contribution in [0.15, 0.2) is 30.3 Å². The topological polar surface area (TPSA) is 77.2 Å². The van der Waals surface area contributed by atoms with Gasteiger partial charge in [0.15, 0.2) is 0 Å². The molecule has 1 atom stereocenters. The highest BCUT2D eigenvalue weighted by atomic mass is 16.6. The number of benzene rings is 2. The van der Waals surface area contributed by atoms with Crippen LogP contribution in [0.3, 0.4) is 0 Å². The predicted octanol–water partition coefficient (Wildman–Crippen LogP) is 4.42. The molecule has 3 aromatic rings. The Morgan fingerprint density at radius 3 is 2.57 bits per heavy atom. The average molecular weight is 410 g/mol. The van der Waals surface area contributed by atoms with E-state index in [0.29, 0.717) is 0 Å². The van der Waals surface area contributed by atoms with Gasteiger partial charge in [-0.15, -0.1) is 5.10 Å². The summed E-state index contributed by atoms with van der Waals surface area (Å²) in [6, 6.07) is 10.1. The van der Waals surface area contributed by atoms with E-state index in [4.69, 9.17) is 4.74 Å². The van der Waals surface area contributed by atoms with Crippen molar-refractivity contribution < 1.29 is 14.6 Å². The van der Waals surface area contributed by atoms with Crippen LogP contribution in [-0.4, -0.2) is 31.7 Å². The highest BCUT2D eigenvalue weighted by Crippen LogP contribution is 2.35. The van der Waals surface area contributed by atoms with Gasteiger partial charge in [-0.05, 0) is 75.4 Å². The highest BCUT2D eigenvalue weighted by molar-refractivity contribution is 5.80. The monoisotopic (exact) mass is 409 g/mol. The van der Waals surface area contributed by atoms with E-state index >= 15 is 0 Å². The van der Waals surface area contributed by atoms with Gasteiger partial charge in [0, 0.05) is 12.5 Å². The van der Waals surface area contributed by atoms with Crippen molar-refractivity contribution >= 4 is 17.0 Å². The summed E-state index contributed by atoms with van der Waals surface area (Å²) in [6.45, 7) is 12.3. The fourth-order valence-corrected chi connectivity index (χ4v) is 3.83. The van der Waals surface area contributed by atoms with Gasteiger partial charge in [-0.1, -0.05) is 29.5 Å². The molecule has 160 valence electrons. The zero-order chi connectivity index (χ0) is 22.1. The van der Waals surface area contributed by atoms with Gasteiger partial charge in [-0.2, -0.15) is 0 Å². The largest absolute Gasteiger partial charge is 0.460 e. The molecule has 3 rings (SSSR count). The second-order valence-electron chi connectivity index (χ2n) is 8.74. The van der Waals surface area contributed by atoms with E-state index in [1.165, 1.54) is 0 Å². The molecule has 1 unspecified atom stereocenters. The zero-order valence-corrected chi connectivity index (χ0v) is 18.7. The summed E-state index contributed by atoms with van der Waals surface area (Å²) < 4.78 is 7.49. The zero-order valence-electron chi connectivity index (χ0n) is 18.7. The molecule has 6 nitrogen and oxygen atoms in total. The number of esters is 1. The van der Waals surface area contributed by atoms with Gasteiger partial charge >= 0.3 is 5.97 Å². The third-order valence-corrected chi connectivity index (χ3v) is 5.39. The number of carbonyl (C=O) groups excluding carboxylic acids is 1. The Balaban J connectivity index is 2.10. The first-order valence-electron chi connectivity index (χ1n) is 10.4. The second-order valence-corrected chi connectivity index (χ2v) is 8.74. The summed E-state index contributed by atoms with van der Waals surface area (Å²) >= 11 is 0. The minimum atomic E-state index is -0.548. The number of nitrogens with zero attached hydrogens (tertiary/aromatic N) is 3. The summed E-state index contributed by atoms with van der Waals surface area (Å²) in [5.41, 5.74) is 6.16. The number of hydrogen-bond donors (Lipinski definition) is 1. The molecule has 0 amide bonds. The minimum Gasteiger partial charge on any atom is -0.460 e. The second kappa shape index (κ2) is 8.56. The number of aryl methyl sites for hydroxylation is 3. The van der Waals surface area contributed by atoms with E-state index in [0.717, 1.165) is 45.4 Å². The molecule has 6 heteroatoms. The molecule has 2 aromatic carbocycles. The summed E-state index contributed by atoms with van der Waals surface area (Å²) in [5, 5.41) is 18.4. The maximum Gasteiger partial charge on any atom is 0.307 e. The fraction of sp³-hybridized carbons (Fsp3) is 0.458. The summed E-state index contributed by atoms with van der Waals surface area (Å²) in [7, 11) is 0. The van der Waals surface area contributed by atoms with Crippen molar-refractivity contribution in [1.29, 1.82) is 0 Å². The number of rotatable bonds is 6. The lowest BCUT2D eigenvalue weighted by Gasteiger charge is -2.24. The summed E-state index contributed by atoms with van der Waals surface area (Å²) in [5.74, 6) is -0.461. The molecule has 0 aliphatic carbocycles. The van der Waals surface area contributed by atoms with Gasteiger partial charge in [0.1, 0.15) is 11.1 Å². The number of aromatic nitrogens is 3. The van der Waals surface area contributed by atoms with Crippen LogP contribution in [0.2, 0.25) is 0 Å². The molecule has 0 saturated carbocycles. The molecule has 0 aliphatic heterocycles. The fourth-order valence-electron chi connectivity index (χ4n) is 3.83. The first kappa shape index (κ1) is 22.0. The van der Waals surface area contributed by atoms with Crippen LogP contribution in [0.25, 0.3) is 11.0 Å². The lowest BCUT2D eigenvalue weighted by atomic mass is 9.84. The SMILES string of the molecule is CCn1nnc2c(C)c(C(CC(=O)OC(C)(C)C)c3ccc(C)c(CO)c3)ccc21. The molecule has 0 saturated heterocycles. The Labute approximate surface area is 177 Å². The van der Waals surface area contributed by atoms with E-state index in [1.54, 1.807) is 0 Å². The molecular weight excluding hydrogens is 378 g/mol. The van der Waals surface area contributed by atoms with Crippen molar-refractivity contribution in [1.82, 2.24) is 15.0 Å². The van der Waals surface area contributed by atoms with Gasteiger partial charge in [-0.25, -0.2) is 4.68 Å². The number of aliphatic hydroxyl groups is 1. The predicted molar refractivity (Wildman–Crippen MR) is 117 cm³/mol. The Morgan fingerprint density at radius 1 is 1.20 bits per heavy atom. The molecular formula is C24H31N3O3. The van der Waals surface area contributed by atoms with Crippen LogP contribution in [0.4, 0.5) is 0 Å². The lowest BCUT2D eigenvalue weighted by molar-refractivity contribution is -0.155. The van der Waals surface area contributed by atoms with Crippen molar-refractivity contribution in [3.63, 3.8) is 0 Å². The first-order chi connectivity index (χ1) is 14.1. The van der Waals surface area contributed by atoms with E-state index in [2.05, 4.69) is 16.4 Å². The highest BCUT2D eigenvalue weighted by Gasteiger charge is 2.26. The Morgan fingerprint density at radius 2 is 1.93 bits per heavy atom. The normalized spacial score (nSPS) is 12.9. The van der Waals surface area contributed by atoms with Crippen molar-refractivity contribution in [2.75, 3.05) is 0 Å². The Hall–Kier alpha value is -2.73. The standard InChI is InChI=1S/C24H31N3O3/c1-7-27-21-11-10-19(16(3)23(21)25-26-27)20(13-22(29)30-24(4,5)6)17-9-8-15(2)18(12-17)14-28/h8-12,20,28H,7,13-14H2,1-6H3. The number of aliphatic hydroxyl groups excluding tert-OH is 1. The number of carbonyl (C=O) groups is 1. The van der Waals surface area contributed by atoms with E-state index < -0.39 is 5.60 Å². The van der Waals surface area contributed by atoms with E-state index in [9.17, 15) is 9.90 Å². The van der Waals surface area contributed by atoms with Gasteiger partial charge < -0.3 is 9.84 Å². The smallest absolute Gasteiger partial charge is 0.307 e. The minimum absolute atomic E-state index is 0.0400. The first-order valence-corrected chi connectivity index (χ1v) is 10.4. The van der Waals surface area contributed by atoms with Gasteiger partial charge in [0.2, 0.25) is 0 Å².